The van der Waals surface area contributed by atoms with Gasteiger partial charge in [-0.3, -0.25) is 14.0 Å². The van der Waals surface area contributed by atoms with Crippen LogP contribution in [0.15, 0.2) is 47.7 Å². The molecule has 0 aliphatic heterocycles. The van der Waals surface area contributed by atoms with E-state index in [-0.39, 0.29) is 11.6 Å². The van der Waals surface area contributed by atoms with Gasteiger partial charge >= 0.3 is 0 Å². The highest BCUT2D eigenvalue weighted by Gasteiger charge is 2.13. The maximum Gasteiger partial charge on any atom is 0.264 e. The van der Waals surface area contributed by atoms with Gasteiger partial charge in [-0.2, -0.15) is 5.10 Å². The summed E-state index contributed by atoms with van der Waals surface area (Å²) in [5, 5.41) is 7.86. The Morgan fingerprint density at radius 2 is 2.05 bits per heavy atom. The van der Waals surface area contributed by atoms with E-state index in [1.165, 1.54) is 0 Å². The molecule has 1 aromatic carbocycles. The van der Waals surface area contributed by atoms with Gasteiger partial charge in [-0.05, 0) is 12.6 Å². The Morgan fingerprint density at radius 1 is 1.29 bits per heavy atom. The van der Waals surface area contributed by atoms with Crippen LogP contribution in [0.5, 0.6) is 0 Å². The third-order valence-electron chi connectivity index (χ3n) is 3.65. The molecular weight excluding hydrogens is 266 g/mol. The summed E-state index contributed by atoms with van der Waals surface area (Å²) in [5.41, 5.74) is 1.68. The highest BCUT2D eigenvalue weighted by atomic mass is 16.1. The predicted molar refractivity (Wildman–Crippen MR) is 81.0 cm³/mol. The van der Waals surface area contributed by atoms with Gasteiger partial charge in [-0.15, -0.1) is 0 Å². The number of rotatable bonds is 4. The average Bonchev–Trinajstić information content (AvgIpc) is 2.90. The van der Waals surface area contributed by atoms with Crippen molar-refractivity contribution in [1.29, 1.82) is 0 Å². The summed E-state index contributed by atoms with van der Waals surface area (Å²) in [6.45, 7) is 0.525. The summed E-state index contributed by atoms with van der Waals surface area (Å²) >= 11 is 0. The molecule has 0 aliphatic carbocycles. The fourth-order valence-corrected chi connectivity index (χ4v) is 2.44. The summed E-state index contributed by atoms with van der Waals surface area (Å²) in [5.74, 6) is 0. The van der Waals surface area contributed by atoms with Gasteiger partial charge < -0.3 is 5.32 Å². The molecule has 6 nitrogen and oxygen atoms in total. The minimum atomic E-state index is -0.0655. The molecule has 0 saturated heterocycles. The molecular formula is C15H17N5O. The molecule has 108 valence electrons. The van der Waals surface area contributed by atoms with Crippen LogP contribution in [0.3, 0.4) is 0 Å². The van der Waals surface area contributed by atoms with Crippen LogP contribution < -0.4 is 10.9 Å². The second kappa shape index (κ2) is 5.49. The zero-order chi connectivity index (χ0) is 14.8. The summed E-state index contributed by atoms with van der Waals surface area (Å²) in [7, 11) is 3.66. The summed E-state index contributed by atoms with van der Waals surface area (Å²) in [4.78, 5) is 16.8. The van der Waals surface area contributed by atoms with Gasteiger partial charge in [0.05, 0.1) is 12.2 Å². The molecule has 3 aromatic rings. The van der Waals surface area contributed by atoms with Crippen molar-refractivity contribution in [2.24, 2.45) is 7.05 Å². The molecule has 1 N–H and O–H groups in total. The largest absolute Gasteiger partial charge is 0.312 e. The Bertz CT molecular complexity index is 806. The first-order chi connectivity index (χ1) is 10.2. The fraction of sp³-hybridized carbons (Fsp3) is 0.267. The van der Waals surface area contributed by atoms with Crippen LogP contribution in [0.2, 0.25) is 0 Å². The number of hydrogen-bond acceptors (Lipinski definition) is 4. The molecule has 21 heavy (non-hydrogen) atoms. The average molecular weight is 283 g/mol. The minimum absolute atomic E-state index is 0.0554. The van der Waals surface area contributed by atoms with Gasteiger partial charge in [-0.25, -0.2) is 4.98 Å². The van der Waals surface area contributed by atoms with Crippen LogP contribution in [0, 0.1) is 0 Å². The van der Waals surface area contributed by atoms with E-state index in [1.54, 1.807) is 28.8 Å². The summed E-state index contributed by atoms with van der Waals surface area (Å²) < 4.78 is 3.23. The van der Waals surface area contributed by atoms with E-state index >= 15 is 0 Å². The maximum atomic E-state index is 12.5. The molecule has 0 fully saturated rings. The van der Waals surface area contributed by atoms with Gasteiger partial charge in [-0.1, -0.05) is 30.3 Å². The molecule has 2 aromatic heterocycles. The molecule has 0 amide bonds. The van der Waals surface area contributed by atoms with Crippen LogP contribution in [-0.2, 0) is 13.6 Å². The van der Waals surface area contributed by atoms with Gasteiger partial charge in [0.2, 0.25) is 0 Å². The Kier molecular flexibility index (Phi) is 3.53. The summed E-state index contributed by atoms with van der Waals surface area (Å²) in [6.07, 6.45) is 3.15. The van der Waals surface area contributed by atoms with Gasteiger partial charge in [0.25, 0.3) is 5.56 Å². The lowest BCUT2D eigenvalue weighted by Crippen LogP contribution is -2.28. The monoisotopic (exact) mass is 283 g/mol. The van der Waals surface area contributed by atoms with Crippen molar-refractivity contribution in [1.82, 2.24) is 24.6 Å². The number of likely N-dealkylation sites (N-methyl/N-ethyl adjacent to an activating group) is 1. The molecule has 0 bridgehead atoms. The molecule has 3 rings (SSSR count). The van der Waals surface area contributed by atoms with Crippen LogP contribution >= 0.6 is 0 Å². The van der Waals surface area contributed by atoms with Gasteiger partial charge in [0.1, 0.15) is 11.7 Å². The van der Waals surface area contributed by atoms with E-state index in [0.29, 0.717) is 17.6 Å². The smallest absolute Gasteiger partial charge is 0.264 e. The number of hydrogen-bond donors (Lipinski definition) is 1. The number of aryl methyl sites for hydroxylation is 1. The van der Waals surface area contributed by atoms with Crippen LogP contribution in [0.4, 0.5) is 0 Å². The van der Waals surface area contributed by atoms with Crippen molar-refractivity contribution in [2.75, 3.05) is 7.05 Å². The molecule has 0 aliphatic rings. The lowest BCUT2D eigenvalue weighted by Gasteiger charge is -2.17. The standard InChI is InChI=1S/C15H17N5O/c1-16-13(11-6-4-3-5-7-11)9-20-10-17-14-12(15(20)21)8-18-19(14)2/h3-8,10,13,16H,9H2,1-2H3. The van der Waals surface area contributed by atoms with Crippen LogP contribution in [-0.4, -0.2) is 26.4 Å². The lowest BCUT2D eigenvalue weighted by molar-refractivity contribution is 0.489. The Hall–Kier alpha value is -2.47. The zero-order valence-electron chi connectivity index (χ0n) is 12.0. The molecule has 0 spiro atoms. The first kappa shape index (κ1) is 13.5. The van der Waals surface area contributed by atoms with Crippen molar-refractivity contribution in [3.8, 4) is 0 Å². The molecule has 2 heterocycles. The van der Waals surface area contributed by atoms with Gasteiger partial charge in [0.15, 0.2) is 5.65 Å². The van der Waals surface area contributed by atoms with Crippen molar-refractivity contribution in [3.05, 3.63) is 58.8 Å². The SMILES string of the molecule is CNC(Cn1cnc2c(cnn2C)c1=O)c1ccccc1. The zero-order valence-corrected chi connectivity index (χ0v) is 12.0. The minimum Gasteiger partial charge on any atom is -0.312 e. The summed E-state index contributed by atoms with van der Waals surface area (Å²) in [6, 6.07) is 10.1. The van der Waals surface area contributed by atoms with Crippen LogP contribution in [0.1, 0.15) is 11.6 Å². The molecule has 6 heteroatoms. The third kappa shape index (κ3) is 2.45. The van der Waals surface area contributed by atoms with E-state index in [1.807, 2.05) is 37.4 Å². The van der Waals surface area contributed by atoms with Crippen molar-refractivity contribution in [3.63, 3.8) is 0 Å². The Morgan fingerprint density at radius 3 is 2.76 bits per heavy atom. The highest BCUT2D eigenvalue weighted by Crippen LogP contribution is 2.14. The van der Waals surface area contributed by atoms with Crippen molar-refractivity contribution >= 4 is 11.0 Å². The number of nitrogens with one attached hydrogen (secondary N) is 1. The Labute approximate surface area is 122 Å². The van der Waals surface area contributed by atoms with Gasteiger partial charge in [0, 0.05) is 13.6 Å². The number of benzene rings is 1. The number of nitrogens with zero attached hydrogens (tertiary/aromatic N) is 4. The normalized spacial score (nSPS) is 12.7. The van der Waals surface area contributed by atoms with Crippen LogP contribution in [0.25, 0.3) is 11.0 Å². The first-order valence-corrected chi connectivity index (χ1v) is 6.80. The quantitative estimate of drug-likeness (QED) is 0.778. The van der Waals surface area contributed by atoms with E-state index < -0.39 is 0 Å². The van der Waals surface area contributed by atoms with Crippen molar-refractivity contribution < 1.29 is 0 Å². The highest BCUT2D eigenvalue weighted by molar-refractivity contribution is 5.72. The van der Waals surface area contributed by atoms with E-state index in [4.69, 9.17) is 0 Å². The first-order valence-electron chi connectivity index (χ1n) is 6.80. The predicted octanol–water partition coefficient (Wildman–Crippen LogP) is 1.09. The lowest BCUT2D eigenvalue weighted by atomic mass is 10.1. The third-order valence-corrected chi connectivity index (χ3v) is 3.65. The molecule has 0 saturated carbocycles. The van der Waals surface area contributed by atoms with Crippen molar-refractivity contribution in [2.45, 2.75) is 12.6 Å². The molecule has 1 unspecified atom stereocenters. The fourth-order valence-electron chi connectivity index (χ4n) is 2.44. The second-order valence-electron chi connectivity index (χ2n) is 4.96. The Balaban J connectivity index is 1.97. The number of aromatic nitrogens is 4. The van der Waals surface area contributed by atoms with E-state index in [0.717, 1.165) is 5.56 Å². The number of fused-ring (bicyclic) bond motifs is 1. The maximum absolute atomic E-state index is 12.5. The van der Waals surface area contributed by atoms with E-state index in [2.05, 4.69) is 15.4 Å². The second-order valence-corrected chi connectivity index (χ2v) is 4.96. The topological polar surface area (TPSA) is 64.7 Å². The van der Waals surface area contributed by atoms with E-state index in [9.17, 15) is 4.79 Å². The molecule has 0 radical (unpaired) electrons. The molecule has 1 atom stereocenters.